The summed E-state index contributed by atoms with van der Waals surface area (Å²) in [5.74, 6) is -0.217. The summed E-state index contributed by atoms with van der Waals surface area (Å²) >= 11 is 6.63. The number of pyridine rings is 2. The smallest absolute Gasteiger partial charge is 0.343 e. The molecule has 0 saturated heterocycles. The Labute approximate surface area is 224 Å². The Morgan fingerprint density at radius 3 is 2.76 bits per heavy atom. The van der Waals surface area contributed by atoms with Crippen molar-refractivity contribution in [1.29, 1.82) is 0 Å². The maximum atomic E-state index is 13.7. The molecule has 2 atom stereocenters. The highest BCUT2D eigenvalue weighted by atomic mass is 35.5. The molecule has 1 amide bonds. The molecule has 38 heavy (non-hydrogen) atoms. The molecule has 2 aliphatic heterocycles. The van der Waals surface area contributed by atoms with Gasteiger partial charge in [-0.25, -0.2) is 9.78 Å². The monoisotopic (exact) mass is 533 g/mol. The number of nitrogens with one attached hydrogen (secondary N) is 1. The molecule has 1 aromatic carbocycles. The number of hydrogen-bond acceptors (Lipinski definition) is 6. The molecule has 0 radical (unpaired) electrons. The summed E-state index contributed by atoms with van der Waals surface area (Å²) in [6, 6.07) is 3.37. The van der Waals surface area contributed by atoms with Gasteiger partial charge in [-0.15, -0.1) is 0 Å². The lowest BCUT2D eigenvalue weighted by Crippen LogP contribution is -2.44. The second-order valence-corrected chi connectivity index (χ2v) is 11.5. The lowest BCUT2D eigenvalue weighted by Gasteiger charge is -2.31. The highest BCUT2D eigenvalue weighted by Gasteiger charge is 2.46. The standard InChI is InChI=1S/C29H28ClN3O5/c1-3-29(37)18-9-22-26-16(11-33(22)27(35)17(18)12-38-28(29)36)25-20(31-23(34)8-14-4-5-14)7-6-15-13(2)19(30)10-21(32-26)24(15)25/h9-10,14,20,37H,3-8,11-12H2,1-2H3,(H,31,34)/t20-,29+/m1/s1. The van der Waals surface area contributed by atoms with Gasteiger partial charge >= 0.3 is 5.97 Å². The summed E-state index contributed by atoms with van der Waals surface area (Å²) in [7, 11) is 0. The number of ether oxygens (including phenoxy) is 1. The minimum absolute atomic E-state index is 0.0529. The molecule has 4 heterocycles. The summed E-state index contributed by atoms with van der Waals surface area (Å²) in [4.78, 5) is 44.1. The van der Waals surface area contributed by atoms with Gasteiger partial charge in [-0.05, 0) is 73.8 Å². The van der Waals surface area contributed by atoms with Crippen molar-refractivity contribution in [3.05, 3.63) is 60.9 Å². The number of carbonyl (C=O) groups is 2. The molecule has 4 aliphatic rings. The fourth-order valence-corrected chi connectivity index (χ4v) is 6.75. The van der Waals surface area contributed by atoms with Crippen LogP contribution < -0.4 is 10.9 Å². The van der Waals surface area contributed by atoms with Gasteiger partial charge in [0.1, 0.15) is 6.61 Å². The van der Waals surface area contributed by atoms with Crippen LogP contribution in [0, 0.1) is 12.8 Å². The quantitative estimate of drug-likeness (QED) is 0.384. The minimum Gasteiger partial charge on any atom is -0.458 e. The third-order valence-corrected chi connectivity index (χ3v) is 9.28. The molecule has 2 aromatic heterocycles. The van der Waals surface area contributed by atoms with E-state index in [1.807, 2.05) is 13.0 Å². The van der Waals surface area contributed by atoms with Crippen molar-refractivity contribution in [3.8, 4) is 11.4 Å². The van der Waals surface area contributed by atoms with Crippen LogP contribution in [-0.4, -0.2) is 26.5 Å². The largest absolute Gasteiger partial charge is 0.458 e. The number of fused-ring (bicyclic) bond motifs is 5. The highest BCUT2D eigenvalue weighted by Crippen LogP contribution is 2.46. The molecule has 1 fully saturated rings. The van der Waals surface area contributed by atoms with Crippen molar-refractivity contribution in [1.82, 2.24) is 14.9 Å². The van der Waals surface area contributed by atoms with Gasteiger partial charge in [0, 0.05) is 28.0 Å². The van der Waals surface area contributed by atoms with E-state index in [1.54, 1.807) is 17.6 Å². The maximum Gasteiger partial charge on any atom is 0.343 e. The number of rotatable bonds is 4. The van der Waals surface area contributed by atoms with Crippen LogP contribution in [0.5, 0.6) is 0 Å². The van der Waals surface area contributed by atoms with Crippen LogP contribution in [0.15, 0.2) is 16.9 Å². The first-order chi connectivity index (χ1) is 18.2. The molecule has 2 aliphatic carbocycles. The zero-order valence-electron chi connectivity index (χ0n) is 21.3. The molecule has 3 aromatic rings. The first kappa shape index (κ1) is 23.9. The molecule has 196 valence electrons. The number of hydrogen-bond donors (Lipinski definition) is 2. The topological polar surface area (TPSA) is 111 Å². The molecule has 7 rings (SSSR count). The molecule has 0 unspecified atom stereocenters. The van der Waals surface area contributed by atoms with Crippen LogP contribution in [0.4, 0.5) is 0 Å². The van der Waals surface area contributed by atoms with Crippen LogP contribution in [0.25, 0.3) is 22.3 Å². The van der Waals surface area contributed by atoms with E-state index in [1.165, 1.54) is 0 Å². The summed E-state index contributed by atoms with van der Waals surface area (Å²) in [5.41, 5.74) is 4.31. The predicted octanol–water partition coefficient (Wildman–Crippen LogP) is 3.95. The number of nitrogens with zero attached hydrogens (tertiary/aromatic N) is 2. The number of aryl methyl sites for hydroxylation is 1. The van der Waals surface area contributed by atoms with Gasteiger partial charge in [-0.2, -0.15) is 0 Å². The Morgan fingerprint density at radius 1 is 1.24 bits per heavy atom. The van der Waals surface area contributed by atoms with Gasteiger partial charge in [0.2, 0.25) is 5.91 Å². The number of aromatic nitrogens is 2. The SMILES string of the molecule is CC[C@@]1(O)C(=O)OCc2c1cc1n(c2=O)Cc2c-1nc1cc(Cl)c(C)c3c1c2[C@H](NC(=O)CC1CC1)CC3. The van der Waals surface area contributed by atoms with Crippen molar-refractivity contribution < 1.29 is 19.4 Å². The molecule has 9 heteroatoms. The minimum atomic E-state index is -1.89. The Morgan fingerprint density at radius 2 is 2.03 bits per heavy atom. The summed E-state index contributed by atoms with van der Waals surface area (Å²) in [5, 5.41) is 16.1. The van der Waals surface area contributed by atoms with E-state index in [4.69, 9.17) is 21.3 Å². The molecular formula is C29H28ClN3O5. The second kappa shape index (κ2) is 8.13. The fourth-order valence-electron chi connectivity index (χ4n) is 6.54. The Bertz CT molecular complexity index is 1660. The fraction of sp³-hybridized carbons (Fsp3) is 0.448. The Hall–Kier alpha value is -3.23. The zero-order chi connectivity index (χ0) is 26.5. The van der Waals surface area contributed by atoms with E-state index in [2.05, 4.69) is 5.32 Å². The number of esters is 1. The van der Waals surface area contributed by atoms with Gasteiger partial charge in [0.25, 0.3) is 5.56 Å². The van der Waals surface area contributed by atoms with E-state index in [0.29, 0.717) is 40.8 Å². The van der Waals surface area contributed by atoms with Gasteiger partial charge in [0.05, 0.1) is 35.1 Å². The van der Waals surface area contributed by atoms with E-state index in [-0.39, 0.29) is 41.7 Å². The molecule has 0 bridgehead atoms. The van der Waals surface area contributed by atoms with Crippen LogP contribution >= 0.6 is 11.6 Å². The van der Waals surface area contributed by atoms with Crippen molar-refractivity contribution in [3.63, 3.8) is 0 Å². The molecule has 8 nitrogen and oxygen atoms in total. The van der Waals surface area contributed by atoms with E-state index in [9.17, 15) is 19.5 Å². The van der Waals surface area contributed by atoms with E-state index >= 15 is 0 Å². The summed E-state index contributed by atoms with van der Waals surface area (Å²) in [6.07, 6.45) is 4.33. The Kier molecular flexibility index (Phi) is 5.11. The van der Waals surface area contributed by atoms with Crippen LogP contribution in [-0.2, 0) is 39.5 Å². The second-order valence-electron chi connectivity index (χ2n) is 11.1. The van der Waals surface area contributed by atoms with Crippen LogP contribution in [0.1, 0.15) is 78.5 Å². The average Bonchev–Trinajstić information content (AvgIpc) is 3.63. The first-order valence-electron chi connectivity index (χ1n) is 13.3. The number of benzene rings is 1. The predicted molar refractivity (Wildman–Crippen MR) is 141 cm³/mol. The number of halogens is 1. The number of amides is 1. The molecule has 0 spiro atoms. The third-order valence-electron chi connectivity index (χ3n) is 8.88. The zero-order valence-corrected chi connectivity index (χ0v) is 22.1. The van der Waals surface area contributed by atoms with Crippen molar-refractivity contribution in [2.75, 3.05) is 0 Å². The van der Waals surface area contributed by atoms with Crippen molar-refractivity contribution >= 4 is 34.4 Å². The number of aliphatic hydroxyl groups is 1. The van der Waals surface area contributed by atoms with Crippen molar-refractivity contribution in [2.24, 2.45) is 5.92 Å². The lowest BCUT2D eigenvalue weighted by molar-refractivity contribution is -0.172. The van der Waals surface area contributed by atoms with Gasteiger partial charge in [-0.1, -0.05) is 18.5 Å². The van der Waals surface area contributed by atoms with Gasteiger partial charge in [0.15, 0.2) is 5.60 Å². The molecule has 1 saturated carbocycles. The number of carbonyl (C=O) groups excluding carboxylic acids is 2. The van der Waals surface area contributed by atoms with Crippen molar-refractivity contribution in [2.45, 2.75) is 77.2 Å². The van der Waals surface area contributed by atoms with E-state index < -0.39 is 11.6 Å². The lowest BCUT2D eigenvalue weighted by atomic mass is 9.81. The van der Waals surface area contributed by atoms with Gasteiger partial charge in [-0.3, -0.25) is 9.59 Å². The number of cyclic esters (lactones) is 1. The van der Waals surface area contributed by atoms with E-state index in [0.717, 1.165) is 53.3 Å². The average molecular weight is 534 g/mol. The summed E-state index contributed by atoms with van der Waals surface area (Å²) in [6.45, 7) is 3.82. The molecular weight excluding hydrogens is 506 g/mol. The highest BCUT2D eigenvalue weighted by molar-refractivity contribution is 6.32. The first-order valence-corrected chi connectivity index (χ1v) is 13.7. The van der Waals surface area contributed by atoms with Gasteiger partial charge < -0.3 is 19.7 Å². The normalized spacial score (nSPS) is 23.1. The maximum absolute atomic E-state index is 13.7. The summed E-state index contributed by atoms with van der Waals surface area (Å²) < 4.78 is 6.85. The van der Waals surface area contributed by atoms with Crippen LogP contribution in [0.2, 0.25) is 5.02 Å². The Balaban J connectivity index is 1.46. The molecule has 2 N–H and O–H groups in total. The van der Waals surface area contributed by atoms with Crippen LogP contribution in [0.3, 0.4) is 0 Å². The third kappa shape index (κ3) is 3.26.